The Morgan fingerprint density at radius 3 is 2.76 bits per heavy atom. The van der Waals surface area contributed by atoms with Crippen LogP contribution in [0.25, 0.3) is 0 Å². The van der Waals surface area contributed by atoms with Gasteiger partial charge in [0.25, 0.3) is 0 Å². The Morgan fingerprint density at radius 2 is 2.24 bits per heavy atom. The molecule has 17 heavy (non-hydrogen) atoms. The van der Waals surface area contributed by atoms with Crippen molar-refractivity contribution in [1.82, 2.24) is 0 Å². The maximum Gasteiger partial charge on any atom is 0.101 e. The highest BCUT2D eigenvalue weighted by Gasteiger charge is 2.33. The summed E-state index contributed by atoms with van der Waals surface area (Å²) >= 11 is 0. The lowest BCUT2D eigenvalue weighted by molar-refractivity contribution is 0.570. The monoisotopic (exact) mass is 229 g/mol. The molecule has 2 rings (SSSR count). The van der Waals surface area contributed by atoms with E-state index in [4.69, 9.17) is 11.0 Å². The van der Waals surface area contributed by atoms with Crippen molar-refractivity contribution >= 4 is 5.69 Å². The lowest BCUT2D eigenvalue weighted by Crippen LogP contribution is -2.40. The van der Waals surface area contributed by atoms with Crippen LogP contribution in [0.3, 0.4) is 0 Å². The summed E-state index contributed by atoms with van der Waals surface area (Å²) in [7, 11) is 2.05. The molecule has 0 radical (unpaired) electrons. The third-order valence-electron chi connectivity index (χ3n) is 3.56. The smallest absolute Gasteiger partial charge is 0.101 e. The second kappa shape index (κ2) is 4.77. The average molecular weight is 229 g/mol. The van der Waals surface area contributed by atoms with Crippen LogP contribution in [-0.4, -0.2) is 19.6 Å². The number of rotatable bonds is 4. The van der Waals surface area contributed by atoms with Crippen LogP contribution in [0.4, 0.5) is 5.69 Å². The molecule has 0 aliphatic heterocycles. The third-order valence-corrected chi connectivity index (χ3v) is 3.56. The van der Waals surface area contributed by atoms with Gasteiger partial charge in [0, 0.05) is 19.6 Å². The van der Waals surface area contributed by atoms with Crippen LogP contribution in [0.1, 0.15) is 24.0 Å². The van der Waals surface area contributed by atoms with E-state index in [1.807, 2.05) is 26.1 Å². The number of benzene rings is 1. The number of aryl methyl sites for hydroxylation is 1. The molecule has 0 aromatic heterocycles. The van der Waals surface area contributed by atoms with E-state index in [2.05, 4.69) is 17.0 Å². The van der Waals surface area contributed by atoms with Crippen molar-refractivity contribution in [1.29, 1.82) is 5.26 Å². The van der Waals surface area contributed by atoms with Gasteiger partial charge >= 0.3 is 0 Å². The number of nitriles is 1. The van der Waals surface area contributed by atoms with Gasteiger partial charge in [-0.3, -0.25) is 0 Å². The molecule has 0 bridgehead atoms. The number of nitrogens with zero attached hydrogens (tertiary/aromatic N) is 2. The van der Waals surface area contributed by atoms with Crippen LogP contribution >= 0.6 is 0 Å². The van der Waals surface area contributed by atoms with Crippen LogP contribution in [-0.2, 0) is 0 Å². The zero-order valence-corrected chi connectivity index (χ0v) is 10.5. The zero-order valence-electron chi connectivity index (χ0n) is 10.5. The summed E-state index contributed by atoms with van der Waals surface area (Å²) in [5.41, 5.74) is 8.78. The largest absolute Gasteiger partial charge is 0.369 e. The van der Waals surface area contributed by atoms with E-state index >= 15 is 0 Å². The summed E-state index contributed by atoms with van der Waals surface area (Å²) in [6, 6.07) is 8.56. The summed E-state index contributed by atoms with van der Waals surface area (Å²) < 4.78 is 0. The molecule has 0 heterocycles. The summed E-state index contributed by atoms with van der Waals surface area (Å²) in [5.74, 6) is 0.706. The zero-order chi connectivity index (χ0) is 12.4. The minimum atomic E-state index is 0.365. The summed E-state index contributed by atoms with van der Waals surface area (Å²) in [4.78, 5) is 2.18. The van der Waals surface area contributed by atoms with E-state index in [1.165, 1.54) is 18.4 Å². The highest BCUT2D eigenvalue weighted by Crippen LogP contribution is 2.36. The standard InChI is InChI=1S/C14H19N3/c1-10-3-4-12(8-15)13(7-10)17(2)14(9-16)11-5-6-11/h3-4,7,11,14H,5-6,9,16H2,1-2H3. The lowest BCUT2D eigenvalue weighted by atomic mass is 10.1. The topological polar surface area (TPSA) is 53.0 Å². The van der Waals surface area contributed by atoms with Crippen LogP contribution in [0.5, 0.6) is 0 Å². The summed E-state index contributed by atoms with van der Waals surface area (Å²) in [6.45, 7) is 2.70. The highest BCUT2D eigenvalue weighted by atomic mass is 15.2. The minimum absolute atomic E-state index is 0.365. The molecular formula is C14H19N3. The number of hydrogen-bond acceptors (Lipinski definition) is 3. The van der Waals surface area contributed by atoms with Gasteiger partial charge in [0.2, 0.25) is 0 Å². The average Bonchev–Trinajstić information content (AvgIpc) is 3.14. The van der Waals surface area contributed by atoms with Gasteiger partial charge in [-0.1, -0.05) is 6.07 Å². The van der Waals surface area contributed by atoms with E-state index in [0.29, 0.717) is 18.5 Å². The van der Waals surface area contributed by atoms with Gasteiger partial charge in [0.15, 0.2) is 0 Å². The fraction of sp³-hybridized carbons (Fsp3) is 0.500. The number of anilines is 1. The molecule has 1 aromatic rings. The van der Waals surface area contributed by atoms with Crippen molar-refractivity contribution < 1.29 is 0 Å². The van der Waals surface area contributed by atoms with Gasteiger partial charge in [0.05, 0.1) is 11.3 Å². The molecule has 3 nitrogen and oxygen atoms in total. The molecule has 1 fully saturated rings. The molecule has 1 saturated carbocycles. The Labute approximate surface area is 103 Å². The predicted molar refractivity (Wildman–Crippen MR) is 69.9 cm³/mol. The molecule has 1 aliphatic carbocycles. The molecule has 0 amide bonds. The third kappa shape index (κ3) is 2.42. The lowest BCUT2D eigenvalue weighted by Gasteiger charge is -2.30. The van der Waals surface area contributed by atoms with Gasteiger partial charge in [-0.05, 0) is 43.4 Å². The van der Waals surface area contributed by atoms with E-state index in [1.54, 1.807) is 0 Å². The Kier molecular flexibility index (Phi) is 3.35. The predicted octanol–water partition coefficient (Wildman–Crippen LogP) is 2.04. The molecule has 0 saturated heterocycles. The number of likely N-dealkylation sites (N-methyl/N-ethyl adjacent to an activating group) is 1. The first-order chi connectivity index (χ1) is 8.17. The van der Waals surface area contributed by atoms with Crippen LogP contribution in [0.15, 0.2) is 18.2 Å². The van der Waals surface area contributed by atoms with Crippen molar-refractivity contribution in [3.05, 3.63) is 29.3 Å². The van der Waals surface area contributed by atoms with E-state index in [9.17, 15) is 0 Å². The van der Waals surface area contributed by atoms with Crippen molar-refractivity contribution in [2.24, 2.45) is 11.7 Å². The van der Waals surface area contributed by atoms with Gasteiger partial charge < -0.3 is 10.6 Å². The maximum atomic E-state index is 9.16. The summed E-state index contributed by atoms with van der Waals surface area (Å²) in [6.07, 6.45) is 2.53. The van der Waals surface area contributed by atoms with Crippen molar-refractivity contribution in [3.8, 4) is 6.07 Å². The molecule has 3 heteroatoms. The normalized spacial score (nSPS) is 16.4. The molecule has 1 unspecified atom stereocenters. The number of hydrogen-bond donors (Lipinski definition) is 1. The first kappa shape index (κ1) is 11.9. The fourth-order valence-electron chi connectivity index (χ4n) is 2.35. The molecule has 90 valence electrons. The molecule has 1 atom stereocenters. The first-order valence-corrected chi connectivity index (χ1v) is 6.11. The first-order valence-electron chi connectivity index (χ1n) is 6.11. The van der Waals surface area contributed by atoms with Gasteiger partial charge in [-0.25, -0.2) is 0 Å². The van der Waals surface area contributed by atoms with Crippen molar-refractivity contribution in [3.63, 3.8) is 0 Å². The van der Waals surface area contributed by atoms with Gasteiger partial charge in [-0.2, -0.15) is 5.26 Å². The van der Waals surface area contributed by atoms with Crippen LogP contribution in [0.2, 0.25) is 0 Å². The minimum Gasteiger partial charge on any atom is -0.369 e. The Bertz CT molecular complexity index is 443. The van der Waals surface area contributed by atoms with Crippen LogP contribution < -0.4 is 10.6 Å². The fourth-order valence-corrected chi connectivity index (χ4v) is 2.35. The van der Waals surface area contributed by atoms with Crippen molar-refractivity contribution in [2.45, 2.75) is 25.8 Å². The SMILES string of the molecule is Cc1ccc(C#N)c(N(C)C(CN)C2CC2)c1. The molecule has 1 aliphatic rings. The molecule has 1 aromatic carbocycles. The molecule has 0 spiro atoms. The van der Waals surface area contributed by atoms with E-state index in [0.717, 1.165) is 11.3 Å². The van der Waals surface area contributed by atoms with E-state index in [-0.39, 0.29) is 0 Å². The van der Waals surface area contributed by atoms with Gasteiger partial charge in [-0.15, -0.1) is 0 Å². The van der Waals surface area contributed by atoms with Crippen LogP contribution in [0, 0.1) is 24.2 Å². The Morgan fingerprint density at radius 1 is 1.53 bits per heavy atom. The quantitative estimate of drug-likeness (QED) is 0.859. The van der Waals surface area contributed by atoms with E-state index < -0.39 is 0 Å². The second-order valence-electron chi connectivity index (χ2n) is 4.88. The highest BCUT2D eigenvalue weighted by molar-refractivity contribution is 5.61. The van der Waals surface area contributed by atoms with Gasteiger partial charge in [0.1, 0.15) is 6.07 Å². The molecular weight excluding hydrogens is 210 g/mol. The van der Waals surface area contributed by atoms with Crippen molar-refractivity contribution in [2.75, 3.05) is 18.5 Å². The Hall–Kier alpha value is -1.53. The Balaban J connectivity index is 2.31. The molecule has 2 N–H and O–H groups in total. The summed E-state index contributed by atoms with van der Waals surface area (Å²) in [5, 5.41) is 9.16. The second-order valence-corrected chi connectivity index (χ2v) is 4.88. The maximum absolute atomic E-state index is 9.16. The number of nitrogens with two attached hydrogens (primary N) is 1.